The van der Waals surface area contributed by atoms with Crippen LogP contribution in [0.25, 0.3) is 0 Å². The Morgan fingerprint density at radius 1 is 1.15 bits per heavy atom. The van der Waals surface area contributed by atoms with Crippen LogP contribution in [0, 0.1) is 0 Å². The number of amides is 1. The molecule has 1 aliphatic rings. The van der Waals surface area contributed by atoms with Gasteiger partial charge < -0.3 is 29.9 Å². The molecule has 1 fully saturated rings. The Morgan fingerprint density at radius 3 is 2.30 bits per heavy atom. The number of aliphatic imine (C=N–C) groups is 1. The molecule has 158 valence electrons. The Hall–Kier alpha value is -1.54. The van der Waals surface area contributed by atoms with Crippen molar-refractivity contribution in [2.45, 2.75) is 51.7 Å². The normalized spacial score (nSPS) is 15.0. The Morgan fingerprint density at radius 2 is 1.78 bits per heavy atom. The monoisotopic (exact) mass is 385 g/mol. The highest BCUT2D eigenvalue weighted by molar-refractivity contribution is 5.79. The molecule has 0 radical (unpaired) electrons. The molecule has 0 heterocycles. The summed E-state index contributed by atoms with van der Waals surface area (Å²) >= 11 is 0. The smallest absolute Gasteiger partial charge is 0.410 e. The van der Waals surface area contributed by atoms with Gasteiger partial charge in [0, 0.05) is 59.5 Å². The van der Waals surface area contributed by atoms with Crippen LogP contribution in [0.5, 0.6) is 0 Å². The quantitative estimate of drug-likeness (QED) is 0.319. The number of hydrogen-bond donors (Lipinski definition) is 2. The van der Waals surface area contributed by atoms with Crippen LogP contribution < -0.4 is 10.6 Å². The number of nitrogens with zero attached hydrogens (tertiary/aromatic N) is 3. The summed E-state index contributed by atoms with van der Waals surface area (Å²) in [6, 6.07) is 0.317. The third-order valence-electron chi connectivity index (χ3n) is 4.16. The summed E-state index contributed by atoms with van der Waals surface area (Å²) in [5, 5.41) is 6.59. The molecule has 27 heavy (non-hydrogen) atoms. The van der Waals surface area contributed by atoms with Gasteiger partial charge in [-0.1, -0.05) is 0 Å². The molecule has 0 aromatic heterocycles. The summed E-state index contributed by atoms with van der Waals surface area (Å²) in [5.74, 6) is 0.750. The molecule has 1 amide bonds. The number of methoxy groups -OCH3 is 1. The second kappa shape index (κ2) is 12.0. The number of guanidine groups is 1. The second-order valence-corrected chi connectivity index (χ2v) is 7.98. The predicted molar refractivity (Wildman–Crippen MR) is 109 cm³/mol. The second-order valence-electron chi connectivity index (χ2n) is 7.98. The first-order valence-corrected chi connectivity index (χ1v) is 9.88. The van der Waals surface area contributed by atoms with E-state index < -0.39 is 5.60 Å². The highest BCUT2D eigenvalue weighted by Gasteiger charge is 2.34. The average molecular weight is 386 g/mol. The SMILES string of the molecule is CN=C(NCCN(C)CCCOC)NCCN(C(=O)OC(C)(C)C)C1CC1. The minimum atomic E-state index is -0.468. The van der Waals surface area contributed by atoms with Crippen molar-refractivity contribution in [1.29, 1.82) is 0 Å². The van der Waals surface area contributed by atoms with Crippen LogP contribution in [0.3, 0.4) is 0 Å². The first-order chi connectivity index (χ1) is 12.8. The van der Waals surface area contributed by atoms with E-state index in [1.54, 1.807) is 14.2 Å². The summed E-state index contributed by atoms with van der Waals surface area (Å²) in [4.78, 5) is 20.7. The third kappa shape index (κ3) is 11.0. The Balaban J connectivity index is 2.27. The van der Waals surface area contributed by atoms with E-state index in [1.165, 1.54) is 0 Å². The van der Waals surface area contributed by atoms with E-state index in [0.717, 1.165) is 51.5 Å². The van der Waals surface area contributed by atoms with Gasteiger partial charge in [0.1, 0.15) is 5.60 Å². The molecule has 8 heteroatoms. The van der Waals surface area contributed by atoms with Gasteiger partial charge in [-0.2, -0.15) is 0 Å². The fraction of sp³-hybridized carbons (Fsp3) is 0.895. The summed E-state index contributed by atoms with van der Waals surface area (Å²) < 4.78 is 10.6. The van der Waals surface area contributed by atoms with Crippen molar-refractivity contribution in [3.63, 3.8) is 0 Å². The summed E-state index contributed by atoms with van der Waals surface area (Å²) in [7, 11) is 5.58. The van der Waals surface area contributed by atoms with Crippen molar-refractivity contribution in [3.05, 3.63) is 0 Å². The average Bonchev–Trinajstić information content (AvgIpc) is 3.40. The van der Waals surface area contributed by atoms with E-state index in [2.05, 4.69) is 27.6 Å². The van der Waals surface area contributed by atoms with Crippen molar-refractivity contribution in [2.75, 3.05) is 60.5 Å². The molecule has 0 aromatic carbocycles. The fourth-order valence-corrected chi connectivity index (χ4v) is 2.60. The zero-order valence-corrected chi connectivity index (χ0v) is 18.0. The molecular weight excluding hydrogens is 346 g/mol. The summed E-state index contributed by atoms with van der Waals surface area (Å²) in [6.07, 6.45) is 2.91. The zero-order chi connectivity index (χ0) is 20.3. The molecule has 0 spiro atoms. The van der Waals surface area contributed by atoms with Crippen molar-refractivity contribution >= 4 is 12.1 Å². The minimum Gasteiger partial charge on any atom is -0.444 e. The molecular formula is C19H39N5O3. The van der Waals surface area contributed by atoms with Crippen LogP contribution in [-0.2, 0) is 9.47 Å². The molecule has 0 saturated heterocycles. The van der Waals surface area contributed by atoms with Crippen LogP contribution >= 0.6 is 0 Å². The molecule has 2 N–H and O–H groups in total. The Labute approximate surface area is 164 Å². The van der Waals surface area contributed by atoms with Crippen LogP contribution in [0.4, 0.5) is 4.79 Å². The number of carbonyl (C=O) groups excluding carboxylic acids is 1. The number of ether oxygens (including phenoxy) is 2. The predicted octanol–water partition coefficient (Wildman–Crippen LogP) is 1.52. The number of rotatable bonds is 11. The van der Waals surface area contributed by atoms with E-state index in [-0.39, 0.29) is 6.09 Å². The van der Waals surface area contributed by atoms with Crippen LogP contribution in [0.15, 0.2) is 4.99 Å². The lowest BCUT2D eigenvalue weighted by Gasteiger charge is -2.27. The van der Waals surface area contributed by atoms with Gasteiger partial charge in [0.25, 0.3) is 0 Å². The van der Waals surface area contributed by atoms with Gasteiger partial charge in [-0.05, 0) is 47.1 Å². The maximum Gasteiger partial charge on any atom is 0.410 e. The highest BCUT2D eigenvalue weighted by atomic mass is 16.6. The van der Waals surface area contributed by atoms with E-state index >= 15 is 0 Å². The van der Waals surface area contributed by atoms with Gasteiger partial charge in [0.2, 0.25) is 0 Å². The molecule has 1 saturated carbocycles. The number of hydrogen-bond acceptors (Lipinski definition) is 5. The maximum atomic E-state index is 12.4. The largest absolute Gasteiger partial charge is 0.444 e. The molecule has 0 bridgehead atoms. The van der Waals surface area contributed by atoms with Crippen molar-refractivity contribution in [1.82, 2.24) is 20.4 Å². The maximum absolute atomic E-state index is 12.4. The van der Waals surface area contributed by atoms with Crippen LogP contribution in [0.1, 0.15) is 40.0 Å². The number of nitrogens with one attached hydrogen (secondary N) is 2. The molecule has 8 nitrogen and oxygen atoms in total. The molecule has 1 aliphatic carbocycles. The molecule has 0 aromatic rings. The third-order valence-corrected chi connectivity index (χ3v) is 4.16. The van der Waals surface area contributed by atoms with E-state index in [1.807, 2.05) is 25.7 Å². The van der Waals surface area contributed by atoms with Gasteiger partial charge in [-0.3, -0.25) is 4.99 Å². The first-order valence-electron chi connectivity index (χ1n) is 9.88. The standard InChI is InChI=1S/C19H39N5O3/c1-19(2,3)27-18(25)24(16-8-9-16)14-11-22-17(20-4)21-10-13-23(5)12-7-15-26-6/h16H,7-15H2,1-6H3,(H2,20,21,22). The van der Waals surface area contributed by atoms with E-state index in [9.17, 15) is 4.79 Å². The highest BCUT2D eigenvalue weighted by Crippen LogP contribution is 2.27. The first kappa shape index (κ1) is 23.5. The molecule has 1 rings (SSSR count). The Kier molecular flexibility index (Phi) is 10.5. The van der Waals surface area contributed by atoms with Crippen LogP contribution in [-0.4, -0.2) is 94.0 Å². The Bertz CT molecular complexity index is 461. The van der Waals surface area contributed by atoms with Gasteiger partial charge in [-0.15, -0.1) is 0 Å². The fourth-order valence-electron chi connectivity index (χ4n) is 2.60. The van der Waals surface area contributed by atoms with E-state index in [0.29, 0.717) is 19.1 Å². The minimum absolute atomic E-state index is 0.229. The van der Waals surface area contributed by atoms with Gasteiger partial charge in [0.15, 0.2) is 5.96 Å². The number of likely N-dealkylation sites (N-methyl/N-ethyl adjacent to an activating group) is 1. The van der Waals surface area contributed by atoms with Crippen molar-refractivity contribution in [3.8, 4) is 0 Å². The van der Waals surface area contributed by atoms with Crippen molar-refractivity contribution < 1.29 is 14.3 Å². The van der Waals surface area contributed by atoms with Gasteiger partial charge >= 0.3 is 6.09 Å². The van der Waals surface area contributed by atoms with E-state index in [4.69, 9.17) is 9.47 Å². The van der Waals surface area contributed by atoms with Gasteiger partial charge in [-0.25, -0.2) is 4.79 Å². The van der Waals surface area contributed by atoms with Gasteiger partial charge in [0.05, 0.1) is 0 Å². The molecule has 0 atom stereocenters. The zero-order valence-electron chi connectivity index (χ0n) is 18.0. The molecule has 0 aliphatic heterocycles. The van der Waals surface area contributed by atoms with Crippen LogP contribution in [0.2, 0.25) is 0 Å². The lowest BCUT2D eigenvalue weighted by molar-refractivity contribution is 0.0238. The number of carbonyl (C=O) groups is 1. The summed E-state index contributed by atoms with van der Waals surface area (Å²) in [5.41, 5.74) is -0.468. The lowest BCUT2D eigenvalue weighted by Crippen LogP contribution is -2.46. The summed E-state index contributed by atoms with van der Waals surface area (Å²) in [6.45, 7) is 10.5. The topological polar surface area (TPSA) is 78.4 Å². The lowest BCUT2D eigenvalue weighted by atomic mass is 10.2. The molecule has 0 unspecified atom stereocenters. The van der Waals surface area contributed by atoms with Crippen molar-refractivity contribution in [2.24, 2.45) is 4.99 Å².